The minimum Gasteiger partial charge on any atom is -0.309 e. The van der Waals surface area contributed by atoms with E-state index in [0.29, 0.717) is 6.54 Å². The maximum atomic E-state index is 8.93. The molecule has 1 aromatic rings. The first-order chi connectivity index (χ1) is 7.35. The van der Waals surface area contributed by atoms with Crippen LogP contribution < -0.4 is 5.32 Å². The van der Waals surface area contributed by atoms with E-state index in [-0.39, 0.29) is 11.5 Å². The highest BCUT2D eigenvalue weighted by molar-refractivity contribution is 5.19. The molecule has 0 aliphatic heterocycles. The summed E-state index contributed by atoms with van der Waals surface area (Å²) < 4.78 is 1.82. The van der Waals surface area contributed by atoms with E-state index in [4.69, 9.17) is 5.26 Å². The van der Waals surface area contributed by atoms with E-state index < -0.39 is 0 Å². The standard InChI is InChI=1S/C12H20N4/c1-9(14-8-12(3,4)7-13)11-6-16(5)15-10(11)2/h6,9,14H,8H2,1-5H3. The normalized spacial score (nSPS) is 13.5. The summed E-state index contributed by atoms with van der Waals surface area (Å²) in [5.74, 6) is 0. The van der Waals surface area contributed by atoms with Crippen molar-refractivity contribution >= 4 is 0 Å². The summed E-state index contributed by atoms with van der Waals surface area (Å²) in [5.41, 5.74) is 1.90. The van der Waals surface area contributed by atoms with Crippen molar-refractivity contribution in [3.05, 3.63) is 17.5 Å². The summed E-state index contributed by atoms with van der Waals surface area (Å²) in [5, 5.41) is 16.6. The van der Waals surface area contributed by atoms with Gasteiger partial charge in [-0.1, -0.05) is 0 Å². The molecule has 0 aliphatic rings. The molecule has 0 amide bonds. The van der Waals surface area contributed by atoms with Gasteiger partial charge < -0.3 is 5.32 Å². The fourth-order valence-corrected chi connectivity index (χ4v) is 1.60. The van der Waals surface area contributed by atoms with Gasteiger partial charge in [-0.3, -0.25) is 4.68 Å². The van der Waals surface area contributed by atoms with Crippen LogP contribution in [-0.2, 0) is 7.05 Å². The van der Waals surface area contributed by atoms with Gasteiger partial charge in [0.05, 0.1) is 17.2 Å². The number of nitrogens with zero attached hydrogens (tertiary/aromatic N) is 3. The van der Waals surface area contributed by atoms with Gasteiger partial charge in [0.1, 0.15) is 0 Å². The van der Waals surface area contributed by atoms with Gasteiger partial charge >= 0.3 is 0 Å². The second kappa shape index (κ2) is 4.67. The number of aryl methyl sites for hydroxylation is 2. The Morgan fingerprint density at radius 1 is 1.62 bits per heavy atom. The van der Waals surface area contributed by atoms with Crippen LogP contribution in [0.25, 0.3) is 0 Å². The molecule has 0 aliphatic carbocycles. The highest BCUT2D eigenvalue weighted by Crippen LogP contribution is 2.18. The molecule has 0 radical (unpaired) electrons. The zero-order valence-electron chi connectivity index (χ0n) is 10.7. The maximum absolute atomic E-state index is 8.93. The molecular weight excluding hydrogens is 200 g/mol. The van der Waals surface area contributed by atoms with E-state index in [1.165, 1.54) is 5.56 Å². The van der Waals surface area contributed by atoms with Gasteiger partial charge in [0.25, 0.3) is 0 Å². The summed E-state index contributed by atoms with van der Waals surface area (Å²) in [4.78, 5) is 0. The first-order valence-corrected chi connectivity index (χ1v) is 5.50. The van der Waals surface area contributed by atoms with Crippen LogP contribution in [0.5, 0.6) is 0 Å². The van der Waals surface area contributed by atoms with Crippen molar-refractivity contribution in [1.82, 2.24) is 15.1 Å². The molecule has 4 heteroatoms. The molecule has 1 N–H and O–H groups in total. The van der Waals surface area contributed by atoms with Gasteiger partial charge in [0.15, 0.2) is 0 Å². The predicted octanol–water partition coefficient (Wildman–Crippen LogP) is 1.93. The van der Waals surface area contributed by atoms with Crippen LogP contribution in [-0.4, -0.2) is 16.3 Å². The molecule has 1 unspecified atom stereocenters. The lowest BCUT2D eigenvalue weighted by Crippen LogP contribution is -2.30. The molecule has 0 fully saturated rings. The largest absolute Gasteiger partial charge is 0.309 e. The molecule has 1 heterocycles. The Morgan fingerprint density at radius 2 is 2.25 bits per heavy atom. The van der Waals surface area contributed by atoms with Gasteiger partial charge in [0.2, 0.25) is 0 Å². The van der Waals surface area contributed by atoms with Gasteiger partial charge in [-0.2, -0.15) is 10.4 Å². The van der Waals surface area contributed by atoms with Gasteiger partial charge in [-0.25, -0.2) is 0 Å². The van der Waals surface area contributed by atoms with Gasteiger partial charge in [0, 0.05) is 31.4 Å². The molecule has 1 rings (SSSR count). The Kier molecular flexibility index (Phi) is 3.71. The monoisotopic (exact) mass is 220 g/mol. The zero-order valence-corrected chi connectivity index (χ0v) is 10.7. The summed E-state index contributed by atoms with van der Waals surface area (Å²) >= 11 is 0. The SMILES string of the molecule is Cc1nn(C)cc1C(C)NCC(C)(C)C#N. The summed E-state index contributed by atoms with van der Waals surface area (Å²) in [6.07, 6.45) is 2.02. The molecule has 0 saturated carbocycles. The summed E-state index contributed by atoms with van der Waals surface area (Å²) in [6.45, 7) is 8.64. The zero-order chi connectivity index (χ0) is 12.3. The molecule has 16 heavy (non-hydrogen) atoms. The second-order valence-corrected chi connectivity index (χ2v) is 4.94. The molecular formula is C12H20N4. The number of hydrogen-bond donors (Lipinski definition) is 1. The van der Waals surface area contributed by atoms with Crippen molar-refractivity contribution < 1.29 is 0 Å². The first kappa shape index (κ1) is 12.7. The average Bonchev–Trinajstić information content (AvgIpc) is 2.54. The lowest BCUT2D eigenvalue weighted by molar-refractivity contribution is 0.414. The number of hydrogen-bond acceptors (Lipinski definition) is 3. The Labute approximate surface area is 97.3 Å². The Morgan fingerprint density at radius 3 is 2.69 bits per heavy atom. The number of aromatic nitrogens is 2. The summed E-state index contributed by atoms with van der Waals surface area (Å²) in [7, 11) is 1.92. The maximum Gasteiger partial charge on any atom is 0.0697 e. The van der Waals surface area contributed by atoms with Crippen molar-refractivity contribution in [2.75, 3.05) is 6.54 Å². The van der Waals surface area contributed by atoms with Crippen LogP contribution in [0.15, 0.2) is 6.20 Å². The third-order valence-electron chi connectivity index (χ3n) is 2.67. The Bertz CT molecular complexity index is 398. The van der Waals surface area contributed by atoms with Crippen molar-refractivity contribution in [2.24, 2.45) is 12.5 Å². The number of nitriles is 1. The molecule has 0 aromatic carbocycles. The third kappa shape index (κ3) is 3.07. The van der Waals surface area contributed by atoms with Crippen LogP contribution in [0.2, 0.25) is 0 Å². The third-order valence-corrected chi connectivity index (χ3v) is 2.67. The predicted molar refractivity (Wildman–Crippen MR) is 63.8 cm³/mol. The second-order valence-electron chi connectivity index (χ2n) is 4.94. The fraction of sp³-hybridized carbons (Fsp3) is 0.667. The minimum atomic E-state index is -0.329. The van der Waals surface area contributed by atoms with Crippen molar-refractivity contribution in [3.8, 4) is 6.07 Å². The van der Waals surface area contributed by atoms with Crippen LogP contribution in [0, 0.1) is 23.7 Å². The van der Waals surface area contributed by atoms with E-state index in [2.05, 4.69) is 23.4 Å². The van der Waals surface area contributed by atoms with E-state index in [1.54, 1.807) is 0 Å². The molecule has 88 valence electrons. The van der Waals surface area contributed by atoms with E-state index >= 15 is 0 Å². The molecule has 0 saturated heterocycles. The van der Waals surface area contributed by atoms with Gasteiger partial charge in [-0.05, 0) is 27.7 Å². The molecule has 0 bridgehead atoms. The molecule has 4 nitrogen and oxygen atoms in total. The van der Waals surface area contributed by atoms with Crippen molar-refractivity contribution in [1.29, 1.82) is 5.26 Å². The van der Waals surface area contributed by atoms with Crippen LogP contribution in [0.1, 0.15) is 38.1 Å². The fourth-order valence-electron chi connectivity index (χ4n) is 1.60. The van der Waals surface area contributed by atoms with Crippen LogP contribution in [0.3, 0.4) is 0 Å². The quantitative estimate of drug-likeness (QED) is 0.843. The van der Waals surface area contributed by atoms with Crippen LogP contribution >= 0.6 is 0 Å². The highest BCUT2D eigenvalue weighted by atomic mass is 15.3. The Balaban J connectivity index is 2.64. The number of nitrogens with one attached hydrogen (secondary N) is 1. The van der Waals surface area contributed by atoms with Crippen LogP contribution in [0.4, 0.5) is 0 Å². The van der Waals surface area contributed by atoms with E-state index in [0.717, 1.165) is 5.69 Å². The van der Waals surface area contributed by atoms with Crippen molar-refractivity contribution in [2.45, 2.75) is 33.7 Å². The lowest BCUT2D eigenvalue weighted by atomic mass is 9.95. The topological polar surface area (TPSA) is 53.6 Å². The van der Waals surface area contributed by atoms with Crippen molar-refractivity contribution in [3.63, 3.8) is 0 Å². The van der Waals surface area contributed by atoms with Gasteiger partial charge in [-0.15, -0.1) is 0 Å². The average molecular weight is 220 g/mol. The molecule has 0 spiro atoms. The van der Waals surface area contributed by atoms with E-state index in [9.17, 15) is 0 Å². The first-order valence-electron chi connectivity index (χ1n) is 5.50. The molecule has 1 aromatic heterocycles. The smallest absolute Gasteiger partial charge is 0.0697 e. The number of rotatable bonds is 4. The van der Waals surface area contributed by atoms with E-state index in [1.807, 2.05) is 38.7 Å². The summed E-state index contributed by atoms with van der Waals surface area (Å²) in [6, 6.07) is 2.51. The lowest BCUT2D eigenvalue weighted by Gasteiger charge is -2.20. The minimum absolute atomic E-state index is 0.223. The highest BCUT2D eigenvalue weighted by Gasteiger charge is 2.19. The molecule has 1 atom stereocenters. The Hall–Kier alpha value is -1.34.